The summed E-state index contributed by atoms with van der Waals surface area (Å²) in [6.45, 7) is 1.75. The van der Waals surface area contributed by atoms with E-state index in [2.05, 4.69) is 25.6 Å². The van der Waals surface area contributed by atoms with Crippen LogP contribution in [0.25, 0.3) is 0 Å². The number of benzene rings is 3. The third kappa shape index (κ3) is 5.31. The number of methoxy groups -OCH3 is 1. The number of nitrogens with zero attached hydrogens (tertiary/aromatic N) is 3. The Balaban J connectivity index is 1.58. The van der Waals surface area contributed by atoms with E-state index in [-0.39, 0.29) is 29.8 Å². The first-order chi connectivity index (χ1) is 18.5. The number of amides is 1. The highest BCUT2D eigenvalue weighted by atomic mass is 79.9. The van der Waals surface area contributed by atoms with E-state index >= 15 is 0 Å². The molecule has 1 atom stereocenters. The molecule has 12 heteroatoms. The van der Waals surface area contributed by atoms with E-state index in [9.17, 15) is 13.2 Å². The molecule has 0 fully saturated rings. The van der Waals surface area contributed by atoms with Gasteiger partial charge in [-0.25, -0.2) is 23.0 Å². The Bertz CT molecular complexity index is 1640. The Morgan fingerprint density at radius 3 is 2.23 bits per heavy atom. The normalized spacial score (nSPS) is 16.9. The Morgan fingerprint density at radius 1 is 1.00 bits per heavy atom. The van der Waals surface area contributed by atoms with Gasteiger partial charge in [-0.1, -0.05) is 63.4 Å². The second kappa shape index (κ2) is 10.6. The van der Waals surface area contributed by atoms with Crippen molar-refractivity contribution in [1.82, 2.24) is 14.3 Å². The molecule has 0 saturated carbocycles. The van der Waals surface area contributed by atoms with Gasteiger partial charge in [0.2, 0.25) is 5.95 Å². The zero-order valence-corrected chi connectivity index (χ0v) is 24.8. The average Bonchev–Trinajstić information content (AvgIpc) is 3.42. The SMILES string of the molecule is COc1ccc(CNS(=O)(=O)c2cnc3n2[C@](C)(Cc2ccc(Br)cc2)C(=O)N3c2cc(Cl)cc(Cl)c2)cc1. The number of nitrogens with one attached hydrogen (secondary N) is 1. The number of hydrogen-bond donors (Lipinski definition) is 1. The molecule has 39 heavy (non-hydrogen) atoms. The molecule has 1 aliphatic heterocycles. The first kappa shape index (κ1) is 27.7. The van der Waals surface area contributed by atoms with Crippen LogP contribution in [-0.4, -0.2) is 31.0 Å². The smallest absolute Gasteiger partial charge is 0.260 e. The summed E-state index contributed by atoms with van der Waals surface area (Å²) < 4.78 is 37.4. The highest BCUT2D eigenvalue weighted by molar-refractivity contribution is 9.10. The maximum absolute atomic E-state index is 14.1. The number of aromatic nitrogens is 2. The monoisotopic (exact) mass is 648 g/mol. The molecule has 1 aromatic heterocycles. The summed E-state index contributed by atoms with van der Waals surface area (Å²) in [5, 5.41) is 0.535. The second-order valence-electron chi connectivity index (χ2n) is 9.25. The Hall–Kier alpha value is -2.89. The van der Waals surface area contributed by atoms with E-state index in [1.165, 1.54) is 15.7 Å². The van der Waals surface area contributed by atoms with Crippen LogP contribution in [0, 0.1) is 0 Å². The van der Waals surface area contributed by atoms with Crippen molar-refractivity contribution in [1.29, 1.82) is 0 Å². The summed E-state index contributed by atoms with van der Waals surface area (Å²) in [7, 11) is -2.53. The highest BCUT2D eigenvalue weighted by Crippen LogP contribution is 2.44. The van der Waals surface area contributed by atoms with E-state index in [0.717, 1.165) is 15.6 Å². The molecule has 0 bridgehead atoms. The lowest BCUT2D eigenvalue weighted by molar-refractivity contribution is -0.124. The number of ether oxygens (including phenoxy) is 1. The predicted molar refractivity (Wildman–Crippen MR) is 154 cm³/mol. The first-order valence-corrected chi connectivity index (χ1v) is 14.8. The van der Waals surface area contributed by atoms with Gasteiger partial charge in [-0.3, -0.25) is 9.36 Å². The molecule has 202 valence electrons. The molecule has 8 nitrogen and oxygen atoms in total. The molecule has 0 aliphatic carbocycles. The van der Waals surface area contributed by atoms with Crippen LogP contribution in [0.4, 0.5) is 11.6 Å². The minimum absolute atomic E-state index is 0.0395. The van der Waals surface area contributed by atoms with Crippen molar-refractivity contribution in [2.24, 2.45) is 0 Å². The molecule has 1 N–H and O–H groups in total. The molecule has 1 aliphatic rings. The fourth-order valence-corrected chi connectivity index (χ4v) is 6.62. The number of halogens is 3. The van der Waals surface area contributed by atoms with E-state index in [1.54, 1.807) is 56.5 Å². The Labute approximate surface area is 244 Å². The van der Waals surface area contributed by atoms with Crippen LogP contribution in [0.3, 0.4) is 0 Å². The van der Waals surface area contributed by atoms with Crippen molar-refractivity contribution in [3.63, 3.8) is 0 Å². The molecule has 3 aromatic carbocycles. The third-order valence-corrected chi connectivity index (χ3v) is 8.86. The summed E-state index contributed by atoms with van der Waals surface area (Å²) in [5.41, 5.74) is 0.649. The minimum Gasteiger partial charge on any atom is -0.497 e. The van der Waals surface area contributed by atoms with Crippen molar-refractivity contribution in [2.45, 2.75) is 30.5 Å². The maximum Gasteiger partial charge on any atom is 0.260 e. The largest absolute Gasteiger partial charge is 0.497 e. The average molecular weight is 650 g/mol. The van der Waals surface area contributed by atoms with Gasteiger partial charge >= 0.3 is 0 Å². The van der Waals surface area contributed by atoms with E-state index < -0.39 is 15.6 Å². The van der Waals surface area contributed by atoms with Crippen LogP contribution in [0.5, 0.6) is 5.75 Å². The van der Waals surface area contributed by atoms with Crippen molar-refractivity contribution in [2.75, 3.05) is 12.0 Å². The van der Waals surface area contributed by atoms with Crippen LogP contribution in [-0.2, 0) is 33.3 Å². The summed E-state index contributed by atoms with van der Waals surface area (Å²) in [4.78, 5) is 19.9. The number of sulfonamides is 1. The fourth-order valence-electron chi connectivity index (χ4n) is 4.62. The van der Waals surface area contributed by atoms with Crippen molar-refractivity contribution in [3.05, 3.63) is 98.6 Å². The number of fused-ring (bicyclic) bond motifs is 1. The van der Waals surface area contributed by atoms with Gasteiger partial charge in [0, 0.05) is 27.5 Å². The second-order valence-corrected chi connectivity index (χ2v) is 12.8. The molecule has 0 spiro atoms. The number of anilines is 2. The quantitative estimate of drug-likeness (QED) is 0.250. The van der Waals surface area contributed by atoms with Gasteiger partial charge in [-0.2, -0.15) is 0 Å². The lowest BCUT2D eigenvalue weighted by atomic mass is 9.92. The molecule has 1 amide bonds. The van der Waals surface area contributed by atoms with Gasteiger partial charge in [-0.15, -0.1) is 0 Å². The van der Waals surface area contributed by atoms with Crippen molar-refractivity contribution in [3.8, 4) is 5.75 Å². The Morgan fingerprint density at radius 2 is 1.62 bits per heavy atom. The molecule has 0 unspecified atom stereocenters. The highest BCUT2D eigenvalue weighted by Gasteiger charge is 2.51. The molecule has 0 saturated heterocycles. The number of imidazole rings is 1. The van der Waals surface area contributed by atoms with Gasteiger partial charge in [0.15, 0.2) is 5.03 Å². The lowest BCUT2D eigenvalue weighted by Gasteiger charge is -2.26. The predicted octanol–water partition coefficient (Wildman–Crippen LogP) is 6.08. The Kier molecular flexibility index (Phi) is 7.51. The van der Waals surface area contributed by atoms with Crippen LogP contribution in [0.2, 0.25) is 10.0 Å². The standard InChI is InChI=1S/C27H23BrCl2N4O4S/c1-27(14-17-3-7-19(28)8-4-17)25(35)33(22-12-20(29)11-21(30)13-22)26-31-16-24(34(26)27)39(36,37)32-15-18-5-9-23(38-2)10-6-18/h3-13,16,32H,14-15H2,1-2H3/t27-/m1/s1. The number of carbonyl (C=O) groups excluding carboxylic acids is 1. The van der Waals surface area contributed by atoms with E-state index in [0.29, 0.717) is 21.5 Å². The van der Waals surface area contributed by atoms with E-state index in [4.69, 9.17) is 27.9 Å². The summed E-state index contributed by atoms with van der Waals surface area (Å²) in [5.74, 6) is 0.458. The van der Waals surface area contributed by atoms with Gasteiger partial charge < -0.3 is 4.74 Å². The van der Waals surface area contributed by atoms with Gasteiger partial charge in [0.25, 0.3) is 15.9 Å². The molecule has 0 radical (unpaired) electrons. The third-order valence-electron chi connectivity index (χ3n) is 6.54. The molecular formula is C27H23BrCl2N4O4S. The summed E-state index contributed by atoms with van der Waals surface area (Å²) >= 11 is 15.9. The van der Waals surface area contributed by atoms with Gasteiger partial charge in [0.05, 0.1) is 19.0 Å². The number of rotatable bonds is 8. The zero-order valence-electron chi connectivity index (χ0n) is 20.9. The van der Waals surface area contributed by atoms with Crippen LogP contribution < -0.4 is 14.4 Å². The lowest BCUT2D eigenvalue weighted by Crippen LogP contribution is -2.42. The molecule has 2 heterocycles. The molecular weight excluding hydrogens is 627 g/mol. The van der Waals surface area contributed by atoms with Crippen LogP contribution in [0.1, 0.15) is 18.1 Å². The molecule has 4 aromatic rings. The zero-order chi connectivity index (χ0) is 27.9. The van der Waals surface area contributed by atoms with Gasteiger partial charge in [0.1, 0.15) is 11.3 Å². The summed E-state index contributed by atoms with van der Waals surface area (Å²) in [6, 6.07) is 19.3. The van der Waals surface area contributed by atoms with Gasteiger partial charge in [-0.05, 0) is 60.5 Å². The van der Waals surface area contributed by atoms with Crippen LogP contribution >= 0.6 is 39.1 Å². The van der Waals surface area contributed by atoms with E-state index in [1.807, 2.05) is 24.3 Å². The van der Waals surface area contributed by atoms with Crippen molar-refractivity contribution < 1.29 is 17.9 Å². The minimum atomic E-state index is -4.09. The first-order valence-electron chi connectivity index (χ1n) is 11.8. The maximum atomic E-state index is 14.1. The van der Waals surface area contributed by atoms with Crippen LogP contribution in [0.15, 0.2) is 82.4 Å². The van der Waals surface area contributed by atoms with Crippen molar-refractivity contribution >= 4 is 66.7 Å². The number of hydrogen-bond acceptors (Lipinski definition) is 5. The summed E-state index contributed by atoms with van der Waals surface area (Å²) in [6.07, 6.45) is 1.48. The fraction of sp³-hybridized carbons (Fsp3) is 0.185. The topological polar surface area (TPSA) is 93.5 Å². The molecule has 5 rings (SSSR count). The number of carbonyl (C=O) groups is 1.